The summed E-state index contributed by atoms with van der Waals surface area (Å²) in [4.78, 5) is 33.9. The first-order valence-corrected chi connectivity index (χ1v) is 24.2. The van der Waals surface area contributed by atoms with Crippen molar-refractivity contribution in [1.82, 2.24) is 9.88 Å². The first-order valence-electron chi connectivity index (χ1n) is 18.3. The van der Waals surface area contributed by atoms with Crippen LogP contribution in [0.25, 0.3) is 17.0 Å². The van der Waals surface area contributed by atoms with Crippen molar-refractivity contribution in [2.75, 3.05) is 87.4 Å². The highest BCUT2D eigenvalue weighted by atomic mass is 32.3. The van der Waals surface area contributed by atoms with Crippen LogP contribution in [-0.4, -0.2) is 98.9 Å². The second-order valence-corrected chi connectivity index (χ2v) is 20.6. The Morgan fingerprint density at radius 3 is 2.55 bits per heavy atom. The molecule has 5 rings (SSSR count). The summed E-state index contributed by atoms with van der Waals surface area (Å²) >= 11 is 1.55. The minimum absolute atomic E-state index is 0.163. The number of phosphoric acid groups is 1. The number of methoxy groups -OCH3 is 1. The molecular formula is C40H55N4O9PS2. The van der Waals surface area contributed by atoms with Crippen LogP contribution >= 0.6 is 29.6 Å². The van der Waals surface area contributed by atoms with Crippen molar-refractivity contribution in [1.29, 1.82) is 0 Å². The second-order valence-electron chi connectivity index (χ2n) is 13.4. The van der Waals surface area contributed by atoms with Gasteiger partial charge in [-0.3, -0.25) is 28.1 Å². The third kappa shape index (κ3) is 12.5. The van der Waals surface area contributed by atoms with Crippen molar-refractivity contribution in [3.05, 3.63) is 77.7 Å². The number of furan rings is 1. The first kappa shape index (κ1) is 44.7. The van der Waals surface area contributed by atoms with E-state index in [1.54, 1.807) is 55.2 Å². The topological polar surface area (TPSA) is 142 Å². The Bertz CT molecular complexity index is 2020. The number of phosphoric ester groups is 1. The fourth-order valence-corrected chi connectivity index (χ4v) is 7.60. The van der Waals surface area contributed by atoms with E-state index in [1.807, 2.05) is 63.4 Å². The molecule has 56 heavy (non-hydrogen) atoms. The lowest BCUT2D eigenvalue weighted by molar-refractivity contribution is -0.125. The molecule has 0 fully saturated rings. The number of aryl methyl sites for hydroxylation is 1. The number of hydrogen-bond acceptors (Lipinski definition) is 12. The molecule has 16 heteroatoms. The van der Waals surface area contributed by atoms with Crippen molar-refractivity contribution in [3.8, 4) is 17.2 Å². The van der Waals surface area contributed by atoms with Crippen molar-refractivity contribution < 1.29 is 41.6 Å². The summed E-state index contributed by atoms with van der Waals surface area (Å²) in [5.74, 6) is 3.67. The number of hydrogen-bond donors (Lipinski definition) is 1. The second kappa shape index (κ2) is 21.0. The van der Waals surface area contributed by atoms with Crippen LogP contribution < -0.4 is 19.7 Å². The number of nitrogens with one attached hydrogen (secondary N) is 1. The third-order valence-electron chi connectivity index (χ3n) is 8.37. The molecule has 0 saturated carbocycles. The molecule has 0 aliphatic carbocycles. The summed E-state index contributed by atoms with van der Waals surface area (Å²) in [6.45, 7) is 6.55. The Labute approximate surface area is 336 Å². The van der Waals surface area contributed by atoms with Gasteiger partial charge in [0, 0.05) is 67.4 Å². The van der Waals surface area contributed by atoms with E-state index in [0.717, 1.165) is 16.7 Å². The molecule has 1 aliphatic rings. The van der Waals surface area contributed by atoms with Crippen LogP contribution in [0.1, 0.15) is 37.2 Å². The largest absolute Gasteiger partial charge is 0.497 e. The molecule has 3 heterocycles. The van der Waals surface area contributed by atoms with Gasteiger partial charge in [0.25, 0.3) is 0 Å². The van der Waals surface area contributed by atoms with E-state index in [1.165, 1.54) is 11.0 Å². The molecule has 0 bridgehead atoms. The van der Waals surface area contributed by atoms with Gasteiger partial charge in [-0.1, -0.05) is 32.0 Å². The molecule has 1 N–H and O–H groups in total. The van der Waals surface area contributed by atoms with Crippen molar-refractivity contribution in [2.24, 2.45) is 0 Å². The number of likely N-dealkylation sites (N-methyl/N-ethyl adjacent to an activating group) is 1. The first-order chi connectivity index (χ1) is 26.8. The highest BCUT2D eigenvalue weighted by Crippen LogP contribution is 2.51. The SMILES string of the molecule is CC.COc1cccc(Oc2cccc3c(CN(C)C(=O)/C=C/c4cnc5c(c4)NCCC(=O)N5COP(=O)(OCCSC)OCCS(C)(C)C)c(C)oc23)c1. The Hall–Kier alpha value is -3.98. The fraction of sp³-hybridized carbons (Fsp3) is 0.425. The van der Waals surface area contributed by atoms with E-state index >= 15 is 0 Å². The minimum Gasteiger partial charge on any atom is -0.497 e. The van der Waals surface area contributed by atoms with E-state index in [2.05, 4.69) is 29.1 Å². The molecule has 2 aromatic heterocycles. The maximum absolute atomic E-state index is 13.6. The summed E-state index contributed by atoms with van der Waals surface area (Å²) in [7, 11) is -1.54. The maximum atomic E-state index is 13.6. The molecule has 2 aromatic carbocycles. The van der Waals surface area contributed by atoms with Crippen LogP contribution in [0.3, 0.4) is 0 Å². The van der Waals surface area contributed by atoms with E-state index in [0.29, 0.717) is 64.5 Å². The Kier molecular flexibility index (Phi) is 16.8. The van der Waals surface area contributed by atoms with Crippen molar-refractivity contribution in [2.45, 2.75) is 33.7 Å². The number of para-hydroxylation sites is 1. The zero-order chi connectivity index (χ0) is 40.9. The number of carbonyl (C=O) groups is 2. The number of rotatable bonds is 18. The molecule has 1 unspecified atom stereocenters. The normalized spacial score (nSPS) is 14.3. The Morgan fingerprint density at radius 2 is 1.82 bits per heavy atom. The Balaban J connectivity index is 0.00000342. The summed E-state index contributed by atoms with van der Waals surface area (Å²) in [6.07, 6.45) is 13.2. The van der Waals surface area contributed by atoms with Gasteiger partial charge in [-0.2, -0.15) is 11.8 Å². The number of fused-ring (bicyclic) bond motifs is 2. The fourth-order valence-electron chi connectivity index (χ4n) is 5.41. The van der Waals surface area contributed by atoms with E-state index in [9.17, 15) is 14.2 Å². The summed E-state index contributed by atoms with van der Waals surface area (Å²) in [5, 5.41) is 4.08. The van der Waals surface area contributed by atoms with E-state index in [4.69, 9.17) is 27.5 Å². The van der Waals surface area contributed by atoms with E-state index in [-0.39, 0.29) is 38.2 Å². The standard InChI is InChI=1S/C38H49N4O9PS2.C2H6/c1-27-32(31-12-9-13-34(37(31)50-27)51-30-11-8-10-29(23-30)46-3)25-41(2)35(43)15-14-28-22-33-38(40-24-28)42(36(44)16-17-39-33)26-49-52(45,47-18-20-53-4)48-19-21-54(5,6)7;1-2/h8-15,22-24,39H,16-21,25-26H2,1-7H3;1-2H3/b15-14+;. The predicted molar refractivity (Wildman–Crippen MR) is 230 cm³/mol. The monoisotopic (exact) mass is 830 g/mol. The zero-order valence-electron chi connectivity index (χ0n) is 33.8. The smallest absolute Gasteiger partial charge is 0.476 e. The van der Waals surface area contributed by atoms with Crippen LogP contribution in [-0.2, 0) is 34.3 Å². The molecule has 13 nitrogen and oxygen atoms in total. The average Bonchev–Trinajstić information content (AvgIpc) is 3.40. The van der Waals surface area contributed by atoms with Crippen molar-refractivity contribution >= 4 is 70.0 Å². The van der Waals surface area contributed by atoms with Gasteiger partial charge in [-0.25, -0.2) is 19.6 Å². The number of anilines is 2. The van der Waals surface area contributed by atoms with Crippen LogP contribution in [0.2, 0.25) is 0 Å². The number of amides is 2. The molecule has 306 valence electrons. The lowest BCUT2D eigenvalue weighted by Crippen LogP contribution is -2.33. The third-order valence-corrected chi connectivity index (χ3v) is 11.8. The predicted octanol–water partition coefficient (Wildman–Crippen LogP) is 8.96. The van der Waals surface area contributed by atoms with Gasteiger partial charge >= 0.3 is 7.82 Å². The lowest BCUT2D eigenvalue weighted by atomic mass is 10.1. The summed E-state index contributed by atoms with van der Waals surface area (Å²) in [6, 6.07) is 14.8. The number of carbonyl (C=O) groups excluding carboxylic acids is 2. The highest BCUT2D eigenvalue weighted by Gasteiger charge is 2.32. The number of benzene rings is 2. The summed E-state index contributed by atoms with van der Waals surface area (Å²) in [5.41, 5.74) is 2.66. The zero-order valence-corrected chi connectivity index (χ0v) is 36.3. The molecule has 2 amide bonds. The molecule has 1 atom stereocenters. The molecule has 0 saturated heterocycles. The average molecular weight is 831 g/mol. The van der Waals surface area contributed by atoms with Crippen LogP contribution in [0.4, 0.5) is 11.5 Å². The minimum atomic E-state index is -3.97. The molecule has 0 spiro atoms. The maximum Gasteiger partial charge on any atom is 0.476 e. The molecule has 4 aromatic rings. The van der Waals surface area contributed by atoms with E-state index < -0.39 is 17.9 Å². The Morgan fingerprint density at radius 1 is 1.09 bits per heavy atom. The van der Waals surface area contributed by atoms with Gasteiger partial charge in [0.1, 0.15) is 24.0 Å². The number of aromatic nitrogens is 1. The summed E-state index contributed by atoms with van der Waals surface area (Å²) < 4.78 is 48.2. The quantitative estimate of drug-likeness (QED) is 0.0581. The molecular weight excluding hydrogens is 776 g/mol. The van der Waals surface area contributed by atoms with Crippen LogP contribution in [0, 0.1) is 6.92 Å². The lowest BCUT2D eigenvalue weighted by Gasteiger charge is -2.27. The van der Waals surface area contributed by atoms with Gasteiger partial charge in [-0.05, 0) is 67.9 Å². The van der Waals surface area contributed by atoms with Gasteiger partial charge in [-0.15, -0.1) is 0 Å². The highest BCUT2D eigenvalue weighted by molar-refractivity contribution is 8.32. The van der Waals surface area contributed by atoms with Gasteiger partial charge in [0.15, 0.2) is 17.2 Å². The van der Waals surface area contributed by atoms with Gasteiger partial charge in [0.05, 0.1) is 26.0 Å². The van der Waals surface area contributed by atoms with Crippen molar-refractivity contribution in [3.63, 3.8) is 0 Å². The van der Waals surface area contributed by atoms with Gasteiger partial charge < -0.3 is 24.1 Å². The number of nitrogens with zero attached hydrogens (tertiary/aromatic N) is 3. The van der Waals surface area contributed by atoms with Gasteiger partial charge in [0.2, 0.25) is 11.8 Å². The molecule has 0 radical (unpaired) electrons. The number of pyridine rings is 1. The number of thioether (sulfide) groups is 1. The van der Waals surface area contributed by atoms with Crippen LogP contribution in [0.15, 0.2) is 65.2 Å². The van der Waals surface area contributed by atoms with Crippen LogP contribution in [0.5, 0.6) is 17.2 Å². The molecule has 1 aliphatic heterocycles. The number of ether oxygens (including phenoxy) is 2.